The van der Waals surface area contributed by atoms with Gasteiger partial charge in [-0.1, -0.05) is 19.1 Å². The zero-order valence-corrected chi connectivity index (χ0v) is 11.3. The van der Waals surface area contributed by atoms with Crippen molar-refractivity contribution < 1.29 is 14.6 Å². The maximum absolute atomic E-state index is 10.2. The van der Waals surface area contributed by atoms with Crippen LogP contribution < -0.4 is 10.5 Å². The third-order valence-electron chi connectivity index (χ3n) is 1.94. The highest BCUT2D eigenvalue weighted by molar-refractivity contribution is 6.17. The Labute approximate surface area is 113 Å². The molecule has 18 heavy (non-hydrogen) atoms. The van der Waals surface area contributed by atoms with Gasteiger partial charge in [0.25, 0.3) is 0 Å². The van der Waals surface area contributed by atoms with Crippen LogP contribution in [-0.4, -0.2) is 23.6 Å². The van der Waals surface area contributed by atoms with Gasteiger partial charge in [0.05, 0.1) is 6.61 Å². The molecule has 0 aromatic heterocycles. The number of benzene rings is 1. The van der Waals surface area contributed by atoms with Gasteiger partial charge in [-0.15, -0.1) is 11.6 Å². The molecule has 0 saturated carbocycles. The summed E-state index contributed by atoms with van der Waals surface area (Å²) >= 11 is 5.00. The van der Waals surface area contributed by atoms with Crippen LogP contribution >= 0.6 is 11.6 Å². The third-order valence-corrected chi connectivity index (χ3v) is 1.94. The Kier molecular flexibility index (Phi) is 10.1. The highest BCUT2D eigenvalue weighted by Gasteiger charge is 1.98. The van der Waals surface area contributed by atoms with Gasteiger partial charge in [-0.05, 0) is 24.1 Å². The molecule has 0 fully saturated rings. The van der Waals surface area contributed by atoms with E-state index in [-0.39, 0.29) is 6.42 Å². The van der Waals surface area contributed by atoms with Gasteiger partial charge in [-0.2, -0.15) is 0 Å². The summed E-state index contributed by atoms with van der Waals surface area (Å²) < 4.78 is 5.38. The molecule has 0 atom stereocenters. The lowest BCUT2D eigenvalue weighted by Crippen LogP contribution is -2.03. The number of halogens is 1. The van der Waals surface area contributed by atoms with E-state index in [2.05, 4.69) is 0 Å². The van der Waals surface area contributed by atoms with E-state index >= 15 is 0 Å². The Bertz CT molecular complexity index is 345. The molecule has 5 heteroatoms. The minimum absolute atomic E-state index is 0.135. The summed E-state index contributed by atoms with van der Waals surface area (Å²) in [5.74, 6) is 0.664. The molecule has 1 aromatic rings. The van der Waals surface area contributed by atoms with Crippen LogP contribution in [0, 0.1) is 0 Å². The maximum Gasteiger partial charge on any atom is 0.303 e. The van der Waals surface area contributed by atoms with Crippen LogP contribution in [0.3, 0.4) is 0 Å². The summed E-state index contributed by atoms with van der Waals surface area (Å²) in [5, 5.41) is 8.42. The predicted octanol–water partition coefficient (Wildman–Crippen LogP) is 2.63. The van der Waals surface area contributed by atoms with Gasteiger partial charge >= 0.3 is 5.97 Å². The summed E-state index contributed by atoms with van der Waals surface area (Å²) in [7, 11) is 0. The minimum atomic E-state index is -0.797. The van der Waals surface area contributed by atoms with Gasteiger partial charge in [0.15, 0.2) is 0 Å². The van der Waals surface area contributed by atoms with E-state index in [4.69, 9.17) is 27.2 Å². The van der Waals surface area contributed by atoms with E-state index < -0.39 is 5.97 Å². The molecular weight excluding hydrogens is 254 g/mol. The Morgan fingerprint density at radius 2 is 2.17 bits per heavy atom. The fourth-order valence-electron chi connectivity index (χ4n) is 1.18. The van der Waals surface area contributed by atoms with Crippen LogP contribution in [0.15, 0.2) is 24.3 Å². The van der Waals surface area contributed by atoms with Crippen LogP contribution in [0.25, 0.3) is 0 Å². The SMILES string of the molecule is CCCl.NCc1cccc(OCCCC(=O)O)c1. The standard InChI is InChI=1S/C11H15NO3.C2H5Cl/c12-8-9-3-1-4-10(7-9)15-6-2-5-11(13)14;1-2-3/h1,3-4,7H,2,5-6,8,12H2,(H,13,14);2H2,1H3. The number of nitrogens with two attached hydrogens (primary N) is 1. The number of carboxylic acid groups (broad SMARTS) is 1. The Hall–Kier alpha value is -1.26. The van der Waals surface area contributed by atoms with Crippen LogP contribution in [0.1, 0.15) is 25.3 Å². The molecule has 102 valence electrons. The van der Waals surface area contributed by atoms with E-state index in [1.807, 2.05) is 31.2 Å². The second-order valence-electron chi connectivity index (χ2n) is 3.46. The molecule has 0 unspecified atom stereocenters. The normalized spacial score (nSPS) is 9.28. The van der Waals surface area contributed by atoms with Crippen molar-refractivity contribution >= 4 is 17.6 Å². The van der Waals surface area contributed by atoms with Gasteiger partial charge in [-0.25, -0.2) is 0 Å². The van der Waals surface area contributed by atoms with E-state index in [9.17, 15) is 4.79 Å². The fraction of sp³-hybridized carbons (Fsp3) is 0.462. The molecule has 4 nitrogen and oxygen atoms in total. The zero-order chi connectivity index (χ0) is 13.8. The summed E-state index contributed by atoms with van der Waals surface area (Å²) in [6, 6.07) is 7.49. The van der Waals surface area contributed by atoms with Crippen LogP contribution in [-0.2, 0) is 11.3 Å². The molecule has 0 aliphatic rings. The summed E-state index contributed by atoms with van der Waals surface area (Å²) in [5.41, 5.74) is 6.49. The molecule has 1 rings (SSSR count). The molecule has 0 aliphatic heterocycles. The van der Waals surface area contributed by atoms with Gasteiger partial charge in [-0.3, -0.25) is 4.79 Å². The van der Waals surface area contributed by atoms with E-state index in [0.29, 0.717) is 19.6 Å². The van der Waals surface area contributed by atoms with Gasteiger partial charge in [0.1, 0.15) is 5.75 Å². The van der Waals surface area contributed by atoms with Crippen molar-refractivity contribution in [2.45, 2.75) is 26.3 Å². The van der Waals surface area contributed by atoms with E-state index in [0.717, 1.165) is 17.2 Å². The number of carboxylic acids is 1. The monoisotopic (exact) mass is 273 g/mol. The van der Waals surface area contributed by atoms with Crippen molar-refractivity contribution in [3.8, 4) is 5.75 Å². The highest BCUT2D eigenvalue weighted by atomic mass is 35.5. The molecule has 0 bridgehead atoms. The molecule has 3 N–H and O–H groups in total. The number of rotatable bonds is 6. The van der Waals surface area contributed by atoms with Crippen molar-refractivity contribution in [3.63, 3.8) is 0 Å². The van der Waals surface area contributed by atoms with Crippen LogP contribution in [0.2, 0.25) is 0 Å². The number of hydrogen-bond acceptors (Lipinski definition) is 3. The third kappa shape index (κ3) is 8.84. The van der Waals surface area contributed by atoms with Crippen molar-refractivity contribution in [2.75, 3.05) is 12.5 Å². The van der Waals surface area contributed by atoms with E-state index in [1.54, 1.807) is 0 Å². The first-order valence-electron chi connectivity index (χ1n) is 5.83. The molecule has 0 saturated heterocycles. The number of carbonyl (C=O) groups is 1. The highest BCUT2D eigenvalue weighted by Crippen LogP contribution is 2.13. The second-order valence-corrected chi connectivity index (χ2v) is 4.00. The number of hydrogen-bond donors (Lipinski definition) is 2. The Morgan fingerprint density at radius 1 is 1.50 bits per heavy atom. The smallest absolute Gasteiger partial charge is 0.303 e. The number of ether oxygens (including phenoxy) is 1. The van der Waals surface area contributed by atoms with Crippen LogP contribution in [0.4, 0.5) is 0 Å². The molecule has 0 aliphatic carbocycles. The van der Waals surface area contributed by atoms with Gasteiger partial charge in [0, 0.05) is 18.8 Å². The second kappa shape index (κ2) is 10.9. The maximum atomic E-state index is 10.2. The number of aliphatic carboxylic acids is 1. The zero-order valence-electron chi connectivity index (χ0n) is 10.6. The quantitative estimate of drug-likeness (QED) is 0.617. The van der Waals surface area contributed by atoms with Crippen molar-refractivity contribution in [3.05, 3.63) is 29.8 Å². The average molecular weight is 274 g/mol. The molecule has 0 radical (unpaired) electrons. The van der Waals surface area contributed by atoms with E-state index in [1.165, 1.54) is 0 Å². The summed E-state index contributed by atoms with van der Waals surface area (Å²) in [6.45, 7) is 2.79. The lowest BCUT2D eigenvalue weighted by atomic mass is 10.2. The average Bonchev–Trinajstić information content (AvgIpc) is 2.36. The first-order chi connectivity index (χ1) is 8.63. The molecular formula is C13H20ClNO3. The molecule has 0 spiro atoms. The molecule has 0 heterocycles. The minimum Gasteiger partial charge on any atom is -0.494 e. The van der Waals surface area contributed by atoms with Crippen molar-refractivity contribution in [2.24, 2.45) is 5.73 Å². The lowest BCUT2D eigenvalue weighted by molar-refractivity contribution is -0.137. The number of alkyl halides is 1. The molecule has 1 aromatic carbocycles. The largest absolute Gasteiger partial charge is 0.494 e. The lowest BCUT2D eigenvalue weighted by Gasteiger charge is -2.06. The van der Waals surface area contributed by atoms with Crippen molar-refractivity contribution in [1.29, 1.82) is 0 Å². The Morgan fingerprint density at radius 3 is 2.72 bits per heavy atom. The summed E-state index contributed by atoms with van der Waals surface area (Å²) in [6.07, 6.45) is 0.652. The Balaban J connectivity index is 0.000000873. The first-order valence-corrected chi connectivity index (χ1v) is 6.37. The van der Waals surface area contributed by atoms with Gasteiger partial charge in [0.2, 0.25) is 0 Å². The first kappa shape index (κ1) is 16.7. The molecule has 0 amide bonds. The predicted molar refractivity (Wildman–Crippen MR) is 73.1 cm³/mol. The summed E-state index contributed by atoms with van der Waals surface area (Å²) in [4.78, 5) is 10.2. The fourth-order valence-corrected chi connectivity index (χ4v) is 1.18. The topological polar surface area (TPSA) is 72.5 Å². The van der Waals surface area contributed by atoms with Crippen molar-refractivity contribution in [1.82, 2.24) is 0 Å². The van der Waals surface area contributed by atoms with Crippen LogP contribution in [0.5, 0.6) is 5.75 Å². The van der Waals surface area contributed by atoms with Gasteiger partial charge < -0.3 is 15.6 Å².